The molecule has 0 aromatic heterocycles. The van der Waals surface area contributed by atoms with Gasteiger partial charge in [-0.3, -0.25) is 4.90 Å². The summed E-state index contributed by atoms with van der Waals surface area (Å²) in [5.74, 6) is -1.22. The molecule has 0 radical (unpaired) electrons. The van der Waals surface area contributed by atoms with Gasteiger partial charge in [0.2, 0.25) is 0 Å². The predicted octanol–water partition coefficient (Wildman–Crippen LogP) is 2.18. The van der Waals surface area contributed by atoms with Gasteiger partial charge >= 0.3 is 0 Å². The number of rotatable bonds is 5. The molecule has 1 rings (SSSR count). The Morgan fingerprint density at radius 3 is 2.39 bits per heavy atom. The van der Waals surface area contributed by atoms with E-state index in [4.69, 9.17) is 4.74 Å². The Bertz CT molecular complexity index is 416. The van der Waals surface area contributed by atoms with Crippen molar-refractivity contribution in [2.45, 2.75) is 26.0 Å². The third-order valence-corrected chi connectivity index (χ3v) is 2.42. The number of methoxy groups -OCH3 is 1. The van der Waals surface area contributed by atoms with Crippen LogP contribution in [0.1, 0.15) is 19.4 Å². The van der Waals surface area contributed by atoms with Gasteiger partial charge in [-0.25, -0.2) is 8.78 Å². The predicted molar refractivity (Wildman–Crippen MR) is 65.5 cm³/mol. The SMILES string of the molecule is COc1cc(F)c(CN(C)CC(C)(C)O)cc1F. The van der Waals surface area contributed by atoms with E-state index in [1.165, 1.54) is 7.11 Å². The van der Waals surface area contributed by atoms with Gasteiger partial charge in [0, 0.05) is 24.7 Å². The van der Waals surface area contributed by atoms with Gasteiger partial charge in [0.05, 0.1) is 12.7 Å². The van der Waals surface area contributed by atoms with Gasteiger partial charge in [0.25, 0.3) is 0 Å². The summed E-state index contributed by atoms with van der Waals surface area (Å²) in [7, 11) is 3.03. The van der Waals surface area contributed by atoms with E-state index in [9.17, 15) is 13.9 Å². The van der Waals surface area contributed by atoms with Gasteiger partial charge in [-0.05, 0) is 27.0 Å². The quantitative estimate of drug-likeness (QED) is 0.879. The van der Waals surface area contributed by atoms with E-state index in [0.717, 1.165) is 12.1 Å². The molecular formula is C13H19F2NO2. The summed E-state index contributed by atoms with van der Waals surface area (Å²) >= 11 is 0. The van der Waals surface area contributed by atoms with Gasteiger partial charge in [-0.1, -0.05) is 0 Å². The second-order valence-electron chi connectivity index (χ2n) is 5.06. The molecule has 1 aromatic rings. The summed E-state index contributed by atoms with van der Waals surface area (Å²) < 4.78 is 31.8. The van der Waals surface area contributed by atoms with Crippen molar-refractivity contribution in [2.75, 3.05) is 20.7 Å². The fraction of sp³-hybridized carbons (Fsp3) is 0.538. The Morgan fingerprint density at radius 1 is 1.28 bits per heavy atom. The normalized spacial score (nSPS) is 12.0. The molecule has 0 aliphatic rings. The number of ether oxygens (including phenoxy) is 1. The summed E-state index contributed by atoms with van der Waals surface area (Å²) in [5.41, 5.74) is -0.643. The summed E-state index contributed by atoms with van der Waals surface area (Å²) in [6, 6.07) is 2.15. The number of likely N-dealkylation sites (N-methyl/N-ethyl adjacent to an activating group) is 1. The molecular weight excluding hydrogens is 240 g/mol. The van der Waals surface area contributed by atoms with Crippen LogP contribution in [0.2, 0.25) is 0 Å². The Kier molecular flexibility index (Phi) is 4.65. The van der Waals surface area contributed by atoms with E-state index < -0.39 is 17.2 Å². The minimum atomic E-state index is -0.879. The number of halogens is 2. The first kappa shape index (κ1) is 14.9. The lowest BCUT2D eigenvalue weighted by Gasteiger charge is -2.25. The van der Waals surface area contributed by atoms with E-state index in [1.807, 2.05) is 0 Å². The molecule has 1 N–H and O–H groups in total. The Labute approximate surface area is 106 Å². The highest BCUT2D eigenvalue weighted by Crippen LogP contribution is 2.22. The summed E-state index contributed by atoms with van der Waals surface area (Å²) in [4.78, 5) is 1.73. The van der Waals surface area contributed by atoms with Crippen LogP contribution in [-0.4, -0.2) is 36.3 Å². The molecule has 0 unspecified atom stereocenters. The van der Waals surface area contributed by atoms with Gasteiger partial charge in [0.1, 0.15) is 5.82 Å². The monoisotopic (exact) mass is 259 g/mol. The largest absolute Gasteiger partial charge is 0.494 e. The first-order chi connectivity index (χ1) is 8.23. The van der Waals surface area contributed by atoms with E-state index in [0.29, 0.717) is 6.54 Å². The van der Waals surface area contributed by atoms with Crippen molar-refractivity contribution in [3.05, 3.63) is 29.3 Å². The molecule has 0 aliphatic heterocycles. The Morgan fingerprint density at radius 2 is 1.89 bits per heavy atom. The van der Waals surface area contributed by atoms with E-state index >= 15 is 0 Å². The average Bonchev–Trinajstić information content (AvgIpc) is 2.20. The van der Waals surface area contributed by atoms with Gasteiger partial charge in [0.15, 0.2) is 11.6 Å². The van der Waals surface area contributed by atoms with E-state index in [-0.39, 0.29) is 17.9 Å². The van der Waals surface area contributed by atoms with Crippen LogP contribution in [0.5, 0.6) is 5.75 Å². The highest BCUT2D eigenvalue weighted by molar-refractivity contribution is 5.30. The first-order valence-electron chi connectivity index (χ1n) is 5.66. The number of aliphatic hydroxyl groups is 1. The maximum Gasteiger partial charge on any atom is 0.165 e. The Hall–Kier alpha value is -1.20. The number of hydrogen-bond acceptors (Lipinski definition) is 3. The summed E-state index contributed by atoms with van der Waals surface area (Å²) in [5, 5.41) is 9.64. The van der Waals surface area contributed by atoms with E-state index in [2.05, 4.69) is 0 Å². The molecule has 18 heavy (non-hydrogen) atoms. The van der Waals surface area contributed by atoms with Crippen molar-refractivity contribution in [1.82, 2.24) is 4.90 Å². The smallest absolute Gasteiger partial charge is 0.165 e. The van der Waals surface area contributed by atoms with Gasteiger partial charge in [-0.15, -0.1) is 0 Å². The number of hydrogen-bond donors (Lipinski definition) is 1. The number of nitrogens with zero attached hydrogens (tertiary/aromatic N) is 1. The average molecular weight is 259 g/mol. The molecule has 0 bridgehead atoms. The Balaban J connectivity index is 2.82. The van der Waals surface area contributed by atoms with Crippen molar-refractivity contribution in [3.8, 4) is 5.75 Å². The maximum absolute atomic E-state index is 13.7. The van der Waals surface area contributed by atoms with Crippen molar-refractivity contribution < 1.29 is 18.6 Å². The van der Waals surface area contributed by atoms with Crippen molar-refractivity contribution >= 4 is 0 Å². The molecule has 102 valence electrons. The first-order valence-corrected chi connectivity index (χ1v) is 5.66. The highest BCUT2D eigenvalue weighted by Gasteiger charge is 2.17. The molecule has 5 heteroatoms. The zero-order valence-corrected chi connectivity index (χ0v) is 11.1. The van der Waals surface area contributed by atoms with Gasteiger partial charge < -0.3 is 9.84 Å². The lowest BCUT2D eigenvalue weighted by atomic mass is 10.1. The second-order valence-corrected chi connectivity index (χ2v) is 5.06. The van der Waals surface area contributed by atoms with Crippen LogP contribution in [-0.2, 0) is 6.54 Å². The summed E-state index contributed by atoms with van der Waals surface area (Å²) in [6.07, 6.45) is 0. The molecule has 0 heterocycles. The van der Waals surface area contributed by atoms with Gasteiger partial charge in [-0.2, -0.15) is 0 Å². The molecule has 0 atom stereocenters. The molecule has 0 fully saturated rings. The fourth-order valence-electron chi connectivity index (χ4n) is 1.85. The molecule has 0 aliphatic carbocycles. The van der Waals surface area contributed by atoms with Crippen LogP contribution >= 0.6 is 0 Å². The standard InChI is InChI=1S/C13H19F2NO2/c1-13(2,17)8-16(3)7-9-5-11(15)12(18-4)6-10(9)14/h5-6,17H,7-8H2,1-4H3. The lowest BCUT2D eigenvalue weighted by Crippen LogP contribution is -2.36. The fourth-order valence-corrected chi connectivity index (χ4v) is 1.85. The molecule has 0 saturated heterocycles. The molecule has 3 nitrogen and oxygen atoms in total. The van der Waals surface area contributed by atoms with Crippen LogP contribution in [0, 0.1) is 11.6 Å². The van der Waals surface area contributed by atoms with Crippen molar-refractivity contribution in [1.29, 1.82) is 0 Å². The molecule has 0 amide bonds. The minimum absolute atomic E-state index is 0.110. The highest BCUT2D eigenvalue weighted by atomic mass is 19.1. The van der Waals surface area contributed by atoms with Crippen molar-refractivity contribution in [3.63, 3.8) is 0 Å². The number of benzene rings is 1. The molecule has 0 saturated carbocycles. The topological polar surface area (TPSA) is 32.7 Å². The third-order valence-electron chi connectivity index (χ3n) is 2.42. The second kappa shape index (κ2) is 5.63. The zero-order chi connectivity index (χ0) is 13.9. The molecule has 0 spiro atoms. The lowest BCUT2D eigenvalue weighted by molar-refractivity contribution is 0.0421. The maximum atomic E-state index is 13.7. The van der Waals surface area contributed by atoms with Crippen LogP contribution in [0.15, 0.2) is 12.1 Å². The minimum Gasteiger partial charge on any atom is -0.494 e. The van der Waals surface area contributed by atoms with Crippen LogP contribution in [0.25, 0.3) is 0 Å². The molecule has 1 aromatic carbocycles. The zero-order valence-electron chi connectivity index (χ0n) is 11.1. The van der Waals surface area contributed by atoms with Crippen LogP contribution in [0.3, 0.4) is 0 Å². The van der Waals surface area contributed by atoms with Crippen LogP contribution in [0.4, 0.5) is 8.78 Å². The summed E-state index contributed by atoms with van der Waals surface area (Å²) in [6.45, 7) is 3.90. The van der Waals surface area contributed by atoms with Crippen molar-refractivity contribution in [2.24, 2.45) is 0 Å². The van der Waals surface area contributed by atoms with E-state index in [1.54, 1.807) is 25.8 Å². The van der Waals surface area contributed by atoms with Crippen LogP contribution < -0.4 is 4.74 Å². The third kappa shape index (κ3) is 4.23.